The van der Waals surface area contributed by atoms with E-state index in [1.165, 1.54) is 18.2 Å². The van der Waals surface area contributed by atoms with Gasteiger partial charge in [0.15, 0.2) is 0 Å². The molecule has 0 fully saturated rings. The summed E-state index contributed by atoms with van der Waals surface area (Å²) in [6, 6.07) is 9.96. The second kappa shape index (κ2) is 10.3. The summed E-state index contributed by atoms with van der Waals surface area (Å²) in [4.78, 5) is 11.0. The molecule has 0 spiro atoms. The van der Waals surface area contributed by atoms with Crippen LogP contribution in [0.2, 0.25) is 0 Å². The van der Waals surface area contributed by atoms with Gasteiger partial charge < -0.3 is 20.2 Å². The molecule has 31 heavy (non-hydrogen) atoms. The van der Waals surface area contributed by atoms with Crippen molar-refractivity contribution in [2.24, 2.45) is 0 Å². The Morgan fingerprint density at radius 3 is 2.10 bits per heavy atom. The molecule has 3 N–H and O–H groups in total. The number of amides is 1. The van der Waals surface area contributed by atoms with E-state index in [9.17, 15) is 30.7 Å². The number of hydrogen-bond acceptors (Lipinski definition) is 8. The van der Waals surface area contributed by atoms with Crippen LogP contribution in [-0.2, 0) is 20.2 Å². The Labute approximate surface area is 223 Å². The van der Waals surface area contributed by atoms with Crippen molar-refractivity contribution in [3.8, 4) is 0 Å². The number of carbonyl (C=O) groups excluding carboxylic acids is 1. The summed E-state index contributed by atoms with van der Waals surface area (Å²) in [5.41, 5.74) is 6.63. The molecule has 0 saturated heterocycles. The third kappa shape index (κ3) is 6.08. The summed E-state index contributed by atoms with van der Waals surface area (Å²) in [6.45, 7) is 1.74. The average molecular weight is 480 g/mol. The predicted molar refractivity (Wildman–Crippen MR) is 103 cm³/mol. The summed E-state index contributed by atoms with van der Waals surface area (Å²) in [6.07, 6.45) is 0. The summed E-state index contributed by atoms with van der Waals surface area (Å²) >= 11 is 0. The van der Waals surface area contributed by atoms with Crippen molar-refractivity contribution >= 4 is 48.3 Å². The fraction of sp³-hybridized carbons (Fsp3) is 0.0556. The third-order valence-electron chi connectivity index (χ3n) is 4.28. The molecule has 0 unspecified atom stereocenters. The number of nitrogen functional groups attached to an aromatic ring is 1. The van der Waals surface area contributed by atoms with Crippen LogP contribution in [0.15, 0.2) is 58.3 Å². The number of benzene rings is 3. The van der Waals surface area contributed by atoms with Crippen LogP contribution >= 0.6 is 0 Å². The molecule has 13 heteroatoms. The molecule has 0 aromatic heterocycles. The molecule has 0 radical (unpaired) electrons. The van der Waals surface area contributed by atoms with Crippen molar-refractivity contribution in [2.45, 2.75) is 16.7 Å². The van der Waals surface area contributed by atoms with Gasteiger partial charge in [-0.05, 0) is 36.8 Å². The van der Waals surface area contributed by atoms with Gasteiger partial charge >= 0.3 is 59.1 Å². The Bertz CT molecular complexity index is 1380. The molecule has 3 aromatic rings. The molecule has 0 bridgehead atoms. The van der Waals surface area contributed by atoms with Crippen LogP contribution < -0.4 is 70.2 Å². The average Bonchev–Trinajstić information content (AvgIpc) is 2.61. The fourth-order valence-electron chi connectivity index (χ4n) is 2.86. The maximum Gasteiger partial charge on any atom is 1.00 e. The van der Waals surface area contributed by atoms with Crippen molar-refractivity contribution in [1.82, 2.24) is 0 Å². The van der Waals surface area contributed by atoms with E-state index >= 15 is 0 Å². The molecule has 1 amide bonds. The van der Waals surface area contributed by atoms with E-state index in [-0.39, 0.29) is 81.1 Å². The third-order valence-corrected chi connectivity index (χ3v) is 6.12. The van der Waals surface area contributed by atoms with Crippen molar-refractivity contribution in [3.63, 3.8) is 0 Å². The molecule has 3 aromatic carbocycles. The zero-order chi connectivity index (χ0) is 21.6. The van der Waals surface area contributed by atoms with E-state index in [1.54, 1.807) is 13.0 Å². The van der Waals surface area contributed by atoms with Crippen molar-refractivity contribution < 1.29 is 89.9 Å². The standard InChI is InChI=1S/C18H16N2O7S2.2Na/c1-10-5-6-11(9-14(10)19)18(21)20-15-8-7-12-13(17(15)29(25,26)27)3-2-4-16(12)28(22,23)24;;/h2-9H,19H2,1H3,(H,20,21)(H,22,23,24)(H,25,26,27);;/q;2*+1/p-2. The van der Waals surface area contributed by atoms with E-state index < -0.39 is 35.9 Å². The van der Waals surface area contributed by atoms with Crippen molar-refractivity contribution in [1.29, 1.82) is 0 Å². The summed E-state index contributed by atoms with van der Waals surface area (Å²) in [7, 11) is -10.1. The van der Waals surface area contributed by atoms with Crippen LogP contribution in [0.3, 0.4) is 0 Å². The Kier molecular flexibility index (Phi) is 9.32. The van der Waals surface area contributed by atoms with Gasteiger partial charge in [-0.25, -0.2) is 16.8 Å². The second-order valence-corrected chi connectivity index (χ2v) is 8.89. The smallest absolute Gasteiger partial charge is 0.744 e. The molecule has 0 atom stereocenters. The van der Waals surface area contributed by atoms with E-state index in [4.69, 9.17) is 5.73 Å². The first kappa shape index (κ1) is 28.0. The van der Waals surface area contributed by atoms with Gasteiger partial charge in [-0.3, -0.25) is 4.79 Å². The predicted octanol–water partition coefficient (Wildman–Crippen LogP) is -4.20. The summed E-state index contributed by atoms with van der Waals surface area (Å²) < 4.78 is 70.0. The number of carbonyl (C=O) groups is 1. The first-order valence-corrected chi connectivity index (χ1v) is 10.9. The number of nitrogens with one attached hydrogen (secondary N) is 1. The quantitative estimate of drug-likeness (QED) is 0.215. The second-order valence-electron chi connectivity index (χ2n) is 6.23. The first-order chi connectivity index (χ1) is 13.4. The molecule has 3 rings (SSSR count). The van der Waals surface area contributed by atoms with Crippen LogP contribution in [0.1, 0.15) is 15.9 Å². The van der Waals surface area contributed by atoms with E-state index in [0.29, 0.717) is 5.69 Å². The number of aryl methyl sites for hydroxylation is 1. The maximum atomic E-state index is 12.5. The minimum Gasteiger partial charge on any atom is -0.744 e. The largest absolute Gasteiger partial charge is 1.00 e. The van der Waals surface area contributed by atoms with E-state index in [1.807, 2.05) is 0 Å². The first-order valence-electron chi connectivity index (χ1n) is 8.04. The Balaban J connectivity index is 0.00000240. The number of nitrogens with two attached hydrogens (primary N) is 1. The number of hydrogen-bond donors (Lipinski definition) is 2. The molecular formula is C18H14N2Na2O7S2. The van der Waals surface area contributed by atoms with Gasteiger partial charge in [-0.2, -0.15) is 0 Å². The van der Waals surface area contributed by atoms with Crippen LogP contribution in [0.4, 0.5) is 11.4 Å². The Morgan fingerprint density at radius 1 is 0.903 bits per heavy atom. The van der Waals surface area contributed by atoms with Crippen LogP contribution in [-0.4, -0.2) is 31.8 Å². The number of rotatable bonds is 4. The van der Waals surface area contributed by atoms with Gasteiger partial charge in [0.2, 0.25) is 0 Å². The van der Waals surface area contributed by atoms with Crippen molar-refractivity contribution in [3.05, 3.63) is 59.7 Å². The fourth-order valence-corrected chi connectivity index (χ4v) is 4.39. The minimum atomic E-state index is -5.15. The van der Waals surface area contributed by atoms with E-state index in [2.05, 4.69) is 5.32 Å². The van der Waals surface area contributed by atoms with Crippen LogP contribution in [0.25, 0.3) is 10.8 Å². The molecule has 0 aliphatic carbocycles. The van der Waals surface area contributed by atoms with Crippen molar-refractivity contribution in [2.75, 3.05) is 11.1 Å². The van der Waals surface area contributed by atoms with Crippen LogP contribution in [0, 0.1) is 6.92 Å². The number of fused-ring (bicyclic) bond motifs is 1. The molecule has 0 saturated carbocycles. The van der Waals surface area contributed by atoms with Gasteiger partial charge in [-0.1, -0.05) is 24.3 Å². The molecule has 0 heterocycles. The Morgan fingerprint density at radius 2 is 1.55 bits per heavy atom. The van der Waals surface area contributed by atoms with Gasteiger partial charge in [0.05, 0.1) is 15.5 Å². The van der Waals surface area contributed by atoms with E-state index in [0.717, 1.165) is 29.8 Å². The summed E-state index contributed by atoms with van der Waals surface area (Å²) in [5, 5.41) is 1.79. The molecule has 0 aliphatic rings. The van der Waals surface area contributed by atoms with Gasteiger partial charge in [-0.15, -0.1) is 0 Å². The molecule has 152 valence electrons. The monoisotopic (exact) mass is 480 g/mol. The maximum absolute atomic E-state index is 12.5. The normalized spacial score (nSPS) is 11.3. The molecular weight excluding hydrogens is 466 g/mol. The molecule has 9 nitrogen and oxygen atoms in total. The Hall–Kier alpha value is -0.990. The summed E-state index contributed by atoms with van der Waals surface area (Å²) in [5.74, 6) is -0.728. The van der Waals surface area contributed by atoms with Gasteiger partial charge in [0, 0.05) is 22.0 Å². The van der Waals surface area contributed by atoms with Gasteiger partial charge in [0.1, 0.15) is 20.2 Å². The van der Waals surface area contributed by atoms with Crippen LogP contribution in [0.5, 0.6) is 0 Å². The number of anilines is 2. The SMILES string of the molecule is Cc1ccc(C(=O)Nc2ccc3c(S(=O)(=O)[O-])cccc3c2S(=O)(=O)[O-])cc1N.[Na+].[Na+]. The zero-order valence-corrected chi connectivity index (χ0v) is 22.5. The molecule has 0 aliphatic heterocycles. The zero-order valence-electron chi connectivity index (χ0n) is 16.9. The van der Waals surface area contributed by atoms with Gasteiger partial charge in [0.25, 0.3) is 5.91 Å². The minimum absolute atomic E-state index is 0. The topological polar surface area (TPSA) is 170 Å².